The van der Waals surface area contributed by atoms with Crippen molar-refractivity contribution in [3.8, 4) is 0 Å². The van der Waals surface area contributed by atoms with Crippen LogP contribution in [-0.4, -0.2) is 31.5 Å². The highest BCUT2D eigenvalue weighted by Gasteiger charge is 1.98. The highest BCUT2D eigenvalue weighted by Crippen LogP contribution is 1.92. The Hall–Kier alpha value is -0.710. The van der Waals surface area contributed by atoms with Gasteiger partial charge in [0.05, 0.1) is 0 Å². The van der Waals surface area contributed by atoms with Gasteiger partial charge in [-0.1, -0.05) is 11.8 Å². The largest absolute Gasteiger partial charge is 0.341 e. The first-order valence-electron chi connectivity index (χ1n) is 2.74. The normalized spacial score (nSPS) is 10.9. The zero-order valence-corrected chi connectivity index (χ0v) is 7.08. The highest BCUT2D eigenvalue weighted by molar-refractivity contribution is 8.13. The van der Waals surface area contributed by atoms with Crippen LogP contribution in [0.2, 0.25) is 0 Å². The third kappa shape index (κ3) is 3.34. The Kier molecular flexibility index (Phi) is 4.74. The Morgan fingerprint density at radius 3 is 2.50 bits per heavy atom. The minimum atomic E-state index is -0.241. The van der Waals surface area contributed by atoms with Crippen LogP contribution in [0.3, 0.4) is 0 Å². The van der Waals surface area contributed by atoms with Crippen LogP contribution in [0.25, 0.3) is 0 Å². The van der Waals surface area contributed by atoms with Gasteiger partial charge in [0.1, 0.15) is 0 Å². The van der Waals surface area contributed by atoms with Gasteiger partial charge < -0.3 is 5.32 Å². The number of hydrogen-bond donors (Lipinski definition) is 2. The lowest BCUT2D eigenvalue weighted by atomic mass is 10.9. The van der Waals surface area contributed by atoms with Crippen LogP contribution in [0.4, 0.5) is 4.79 Å². The standard InChI is InChI=1S/C5H11N3OS/c1-6-4(9)8-5(7-2)10-3/h1-3H3,(H2,6,7,8,9). The summed E-state index contributed by atoms with van der Waals surface area (Å²) in [7, 11) is 3.19. The van der Waals surface area contributed by atoms with E-state index in [2.05, 4.69) is 15.6 Å². The predicted molar refractivity (Wildman–Crippen MR) is 44.5 cm³/mol. The number of hydrogen-bond acceptors (Lipinski definition) is 3. The van der Waals surface area contributed by atoms with E-state index in [-0.39, 0.29) is 6.03 Å². The second-order valence-corrected chi connectivity index (χ2v) is 2.23. The van der Waals surface area contributed by atoms with E-state index in [1.165, 1.54) is 11.8 Å². The minimum Gasteiger partial charge on any atom is -0.341 e. The summed E-state index contributed by atoms with van der Waals surface area (Å²) in [6, 6.07) is -0.241. The van der Waals surface area contributed by atoms with Gasteiger partial charge in [0.2, 0.25) is 0 Å². The molecule has 0 aliphatic carbocycles. The quantitative estimate of drug-likeness (QED) is 0.395. The van der Waals surface area contributed by atoms with E-state index < -0.39 is 0 Å². The lowest BCUT2D eigenvalue weighted by Crippen LogP contribution is -2.35. The maximum atomic E-state index is 10.6. The monoisotopic (exact) mass is 161 g/mol. The molecule has 0 aliphatic rings. The number of nitrogens with zero attached hydrogens (tertiary/aromatic N) is 1. The number of aliphatic imine (C=N–C) groups is 1. The Labute approximate surface area is 64.5 Å². The number of amidine groups is 1. The van der Waals surface area contributed by atoms with Gasteiger partial charge in [-0.2, -0.15) is 0 Å². The molecule has 2 N–H and O–H groups in total. The van der Waals surface area contributed by atoms with Crippen LogP contribution in [0.15, 0.2) is 4.99 Å². The van der Waals surface area contributed by atoms with Crippen LogP contribution in [-0.2, 0) is 0 Å². The van der Waals surface area contributed by atoms with Crippen molar-refractivity contribution < 1.29 is 4.79 Å². The zero-order valence-electron chi connectivity index (χ0n) is 6.26. The summed E-state index contributed by atoms with van der Waals surface area (Å²) < 4.78 is 0. The molecule has 0 aromatic carbocycles. The van der Waals surface area contributed by atoms with Crippen molar-refractivity contribution in [3.63, 3.8) is 0 Å². The smallest absolute Gasteiger partial charge is 0.320 e. The van der Waals surface area contributed by atoms with Crippen molar-refractivity contribution in [2.45, 2.75) is 0 Å². The van der Waals surface area contributed by atoms with E-state index in [4.69, 9.17) is 0 Å². The average Bonchev–Trinajstić information content (AvgIpc) is 1.99. The summed E-state index contributed by atoms with van der Waals surface area (Å²) >= 11 is 1.39. The van der Waals surface area contributed by atoms with Gasteiger partial charge in [-0.3, -0.25) is 10.3 Å². The maximum absolute atomic E-state index is 10.6. The van der Waals surface area contributed by atoms with Crippen LogP contribution in [0.1, 0.15) is 0 Å². The average molecular weight is 161 g/mol. The molecule has 0 fully saturated rings. The molecule has 10 heavy (non-hydrogen) atoms. The third-order valence-corrected chi connectivity index (χ3v) is 1.52. The van der Waals surface area contributed by atoms with Crippen LogP contribution in [0, 0.1) is 0 Å². The second-order valence-electron chi connectivity index (χ2n) is 1.44. The van der Waals surface area contributed by atoms with Crippen molar-refractivity contribution in [1.82, 2.24) is 10.6 Å². The van der Waals surface area contributed by atoms with Crippen LogP contribution < -0.4 is 10.6 Å². The zero-order chi connectivity index (χ0) is 7.98. The van der Waals surface area contributed by atoms with Crippen LogP contribution in [0.5, 0.6) is 0 Å². The summed E-state index contributed by atoms with van der Waals surface area (Å²) in [5.41, 5.74) is 0. The predicted octanol–water partition coefficient (Wildman–Crippen LogP) is 0.264. The van der Waals surface area contributed by atoms with E-state index in [1.54, 1.807) is 14.1 Å². The van der Waals surface area contributed by atoms with Gasteiger partial charge in [-0.15, -0.1) is 0 Å². The van der Waals surface area contributed by atoms with Gasteiger partial charge >= 0.3 is 6.03 Å². The lowest BCUT2D eigenvalue weighted by Gasteiger charge is -2.02. The molecule has 4 nitrogen and oxygen atoms in total. The van der Waals surface area contributed by atoms with Crippen LogP contribution >= 0.6 is 11.8 Å². The van der Waals surface area contributed by atoms with Gasteiger partial charge in [0.15, 0.2) is 5.17 Å². The molecule has 2 amide bonds. The summed E-state index contributed by atoms with van der Waals surface area (Å²) in [5.74, 6) is 0. The number of thioether (sulfide) groups is 1. The summed E-state index contributed by atoms with van der Waals surface area (Å²) in [6.45, 7) is 0. The number of nitrogens with one attached hydrogen (secondary N) is 2. The van der Waals surface area contributed by atoms with Crippen molar-refractivity contribution in [3.05, 3.63) is 0 Å². The first-order chi connectivity index (χ1) is 4.74. The number of carbonyl (C=O) groups excluding carboxylic acids is 1. The lowest BCUT2D eigenvalue weighted by molar-refractivity contribution is 0.247. The fraction of sp³-hybridized carbons (Fsp3) is 0.600. The first-order valence-corrected chi connectivity index (χ1v) is 3.96. The van der Waals surface area contributed by atoms with Crippen molar-refractivity contribution in [2.75, 3.05) is 20.4 Å². The van der Waals surface area contributed by atoms with E-state index in [0.29, 0.717) is 5.17 Å². The number of urea groups is 1. The molecule has 0 saturated carbocycles. The fourth-order valence-electron chi connectivity index (χ4n) is 0.358. The molecule has 5 heteroatoms. The van der Waals surface area contributed by atoms with Gasteiger partial charge in [0, 0.05) is 14.1 Å². The topological polar surface area (TPSA) is 53.5 Å². The molecule has 0 bridgehead atoms. The van der Waals surface area contributed by atoms with Crippen molar-refractivity contribution >= 4 is 23.0 Å². The van der Waals surface area contributed by atoms with E-state index >= 15 is 0 Å². The second kappa shape index (κ2) is 5.10. The molecule has 0 saturated heterocycles. The van der Waals surface area contributed by atoms with Gasteiger partial charge in [-0.05, 0) is 6.26 Å². The van der Waals surface area contributed by atoms with Gasteiger partial charge in [-0.25, -0.2) is 4.79 Å². The molecule has 0 aromatic heterocycles. The Morgan fingerprint density at radius 2 is 2.20 bits per heavy atom. The summed E-state index contributed by atoms with van der Waals surface area (Å²) in [5, 5.41) is 5.56. The van der Waals surface area contributed by atoms with E-state index in [9.17, 15) is 4.79 Å². The molecule has 0 unspecified atom stereocenters. The maximum Gasteiger partial charge on any atom is 0.320 e. The number of carbonyl (C=O) groups is 1. The number of rotatable bonds is 0. The molecule has 0 heterocycles. The third-order valence-electron chi connectivity index (χ3n) is 0.844. The summed E-state index contributed by atoms with van der Waals surface area (Å²) in [6.07, 6.45) is 1.85. The van der Waals surface area contributed by atoms with Crippen molar-refractivity contribution in [1.29, 1.82) is 0 Å². The molecule has 58 valence electrons. The van der Waals surface area contributed by atoms with E-state index in [1.807, 2.05) is 6.26 Å². The summed E-state index contributed by atoms with van der Waals surface area (Å²) in [4.78, 5) is 14.4. The first kappa shape index (κ1) is 9.29. The van der Waals surface area contributed by atoms with E-state index in [0.717, 1.165) is 0 Å². The molecule has 0 aliphatic heterocycles. The minimum absolute atomic E-state index is 0.241. The molecule has 0 aromatic rings. The molecule has 0 radical (unpaired) electrons. The molecule has 0 rings (SSSR count). The molecular formula is C5H11N3OS. The number of amides is 2. The van der Waals surface area contributed by atoms with Gasteiger partial charge in [0.25, 0.3) is 0 Å². The van der Waals surface area contributed by atoms with Crippen molar-refractivity contribution in [2.24, 2.45) is 4.99 Å². The molecule has 0 spiro atoms. The fourth-order valence-corrected chi connectivity index (χ4v) is 0.735. The Balaban J connectivity index is 3.76. The Morgan fingerprint density at radius 1 is 1.60 bits per heavy atom. The molecular weight excluding hydrogens is 150 g/mol. The Bertz CT molecular complexity index is 146. The highest BCUT2D eigenvalue weighted by atomic mass is 32.2. The molecule has 0 atom stereocenters. The SMILES string of the molecule is CN=C(NC(=O)NC)SC.